The number of hydrogen-bond acceptors (Lipinski definition) is 3. The van der Waals surface area contributed by atoms with Gasteiger partial charge in [-0.05, 0) is 57.6 Å². The highest BCUT2D eigenvalue weighted by molar-refractivity contribution is 5.80. The summed E-state index contributed by atoms with van der Waals surface area (Å²) in [6, 6.07) is 6.57. The van der Waals surface area contributed by atoms with E-state index in [0.717, 1.165) is 55.1 Å². The van der Waals surface area contributed by atoms with Gasteiger partial charge in [-0.15, -0.1) is 0 Å². The lowest BCUT2D eigenvalue weighted by molar-refractivity contribution is 0.120. The molecule has 0 atom stereocenters. The van der Waals surface area contributed by atoms with Gasteiger partial charge >= 0.3 is 0 Å². The molecule has 0 amide bonds. The molecule has 1 aliphatic rings. The van der Waals surface area contributed by atoms with Crippen molar-refractivity contribution in [3.63, 3.8) is 0 Å². The van der Waals surface area contributed by atoms with Crippen molar-refractivity contribution in [2.45, 2.75) is 58.6 Å². The highest BCUT2D eigenvalue weighted by Gasteiger charge is 2.19. The van der Waals surface area contributed by atoms with Crippen molar-refractivity contribution in [3.8, 4) is 5.75 Å². The van der Waals surface area contributed by atoms with Gasteiger partial charge in [-0.3, -0.25) is 0 Å². The van der Waals surface area contributed by atoms with E-state index in [2.05, 4.69) is 48.5 Å². The monoisotopic (exact) mass is 333 g/mol. The SMILES string of the molecule is CCNC(=NCCOc1c(C)cccc1C)NC1CCC(O)CC1. The number of para-hydroxylation sites is 1. The van der Waals surface area contributed by atoms with Crippen LogP contribution in [0.5, 0.6) is 5.75 Å². The van der Waals surface area contributed by atoms with E-state index in [1.165, 1.54) is 0 Å². The molecule has 1 aliphatic carbocycles. The van der Waals surface area contributed by atoms with E-state index in [1.807, 2.05) is 6.07 Å². The van der Waals surface area contributed by atoms with Gasteiger partial charge in [0, 0.05) is 12.6 Å². The largest absolute Gasteiger partial charge is 0.491 e. The molecule has 0 bridgehead atoms. The number of guanidine groups is 1. The Morgan fingerprint density at radius 2 is 1.88 bits per heavy atom. The van der Waals surface area contributed by atoms with Crippen LogP contribution in [-0.4, -0.2) is 42.9 Å². The van der Waals surface area contributed by atoms with Gasteiger partial charge in [-0.1, -0.05) is 18.2 Å². The Labute approximate surface area is 145 Å². The minimum Gasteiger partial charge on any atom is -0.491 e. The normalized spacial score (nSPS) is 21.4. The maximum absolute atomic E-state index is 9.60. The number of ether oxygens (including phenoxy) is 1. The van der Waals surface area contributed by atoms with E-state index < -0.39 is 0 Å². The number of rotatable bonds is 6. The number of nitrogens with one attached hydrogen (secondary N) is 2. The van der Waals surface area contributed by atoms with Crippen LogP contribution in [0.3, 0.4) is 0 Å². The van der Waals surface area contributed by atoms with Crippen molar-refractivity contribution in [3.05, 3.63) is 29.3 Å². The Kier molecular flexibility index (Phi) is 7.37. The molecule has 134 valence electrons. The first kappa shape index (κ1) is 18.6. The minimum absolute atomic E-state index is 0.131. The van der Waals surface area contributed by atoms with Crippen LogP contribution in [0.4, 0.5) is 0 Å². The van der Waals surface area contributed by atoms with Crippen LogP contribution < -0.4 is 15.4 Å². The smallest absolute Gasteiger partial charge is 0.191 e. The molecule has 3 N–H and O–H groups in total. The van der Waals surface area contributed by atoms with Crippen LogP contribution in [0.25, 0.3) is 0 Å². The molecule has 0 saturated heterocycles. The molecule has 0 unspecified atom stereocenters. The van der Waals surface area contributed by atoms with Gasteiger partial charge in [0.05, 0.1) is 12.6 Å². The molecule has 2 rings (SSSR count). The number of benzene rings is 1. The zero-order chi connectivity index (χ0) is 17.4. The second kappa shape index (κ2) is 9.52. The molecule has 1 fully saturated rings. The Morgan fingerprint density at radius 1 is 1.21 bits per heavy atom. The zero-order valence-electron chi connectivity index (χ0n) is 15.1. The molecule has 1 aromatic rings. The lowest BCUT2D eigenvalue weighted by Crippen LogP contribution is -2.45. The highest BCUT2D eigenvalue weighted by atomic mass is 16.5. The number of nitrogens with zero attached hydrogens (tertiary/aromatic N) is 1. The van der Waals surface area contributed by atoms with Gasteiger partial charge < -0.3 is 20.5 Å². The molecule has 5 nitrogen and oxygen atoms in total. The maximum atomic E-state index is 9.60. The van der Waals surface area contributed by atoms with E-state index in [4.69, 9.17) is 4.74 Å². The average Bonchev–Trinajstić information content (AvgIpc) is 2.56. The Balaban J connectivity index is 1.82. The fourth-order valence-corrected chi connectivity index (χ4v) is 3.07. The topological polar surface area (TPSA) is 65.9 Å². The lowest BCUT2D eigenvalue weighted by atomic mass is 9.93. The molecule has 0 aliphatic heterocycles. The van der Waals surface area contributed by atoms with E-state index in [0.29, 0.717) is 19.2 Å². The van der Waals surface area contributed by atoms with Crippen molar-refractivity contribution in [1.29, 1.82) is 0 Å². The summed E-state index contributed by atoms with van der Waals surface area (Å²) in [5, 5.41) is 16.4. The molecule has 0 heterocycles. The van der Waals surface area contributed by atoms with Gasteiger partial charge in [0.25, 0.3) is 0 Å². The maximum Gasteiger partial charge on any atom is 0.191 e. The van der Waals surface area contributed by atoms with Gasteiger partial charge in [0.15, 0.2) is 5.96 Å². The Bertz CT molecular complexity index is 517. The van der Waals surface area contributed by atoms with Crippen molar-refractivity contribution in [2.75, 3.05) is 19.7 Å². The van der Waals surface area contributed by atoms with Crippen molar-refractivity contribution >= 4 is 5.96 Å². The zero-order valence-corrected chi connectivity index (χ0v) is 15.1. The fourth-order valence-electron chi connectivity index (χ4n) is 3.07. The van der Waals surface area contributed by atoms with E-state index in [9.17, 15) is 5.11 Å². The summed E-state index contributed by atoms with van der Waals surface area (Å²) in [5.41, 5.74) is 2.31. The first-order valence-corrected chi connectivity index (χ1v) is 9.02. The summed E-state index contributed by atoms with van der Waals surface area (Å²) in [4.78, 5) is 4.61. The molecule has 24 heavy (non-hydrogen) atoms. The quantitative estimate of drug-likeness (QED) is 0.425. The standard InChI is InChI=1S/C19H31N3O2/c1-4-20-19(22-16-8-10-17(23)11-9-16)21-12-13-24-18-14(2)6-5-7-15(18)3/h5-7,16-17,23H,4,8-13H2,1-3H3,(H2,20,21,22). The molecule has 1 aromatic carbocycles. The first-order chi connectivity index (χ1) is 11.6. The number of aryl methyl sites for hydroxylation is 2. The van der Waals surface area contributed by atoms with Crippen molar-refractivity contribution < 1.29 is 9.84 Å². The van der Waals surface area contributed by atoms with Crippen LogP contribution in [0.15, 0.2) is 23.2 Å². The van der Waals surface area contributed by atoms with Crippen molar-refractivity contribution in [2.24, 2.45) is 4.99 Å². The summed E-state index contributed by atoms with van der Waals surface area (Å²) in [5.74, 6) is 1.80. The Hall–Kier alpha value is -1.75. The van der Waals surface area contributed by atoms with E-state index in [-0.39, 0.29) is 6.10 Å². The van der Waals surface area contributed by atoms with E-state index >= 15 is 0 Å². The molecule has 0 radical (unpaired) electrons. The summed E-state index contributed by atoms with van der Waals surface area (Å²) in [6.45, 7) is 8.20. The Morgan fingerprint density at radius 3 is 2.50 bits per heavy atom. The molecular weight excluding hydrogens is 302 g/mol. The summed E-state index contributed by atoms with van der Waals surface area (Å²) >= 11 is 0. The average molecular weight is 333 g/mol. The second-order valence-corrected chi connectivity index (χ2v) is 6.48. The lowest BCUT2D eigenvalue weighted by Gasteiger charge is -2.27. The minimum atomic E-state index is -0.131. The second-order valence-electron chi connectivity index (χ2n) is 6.48. The van der Waals surface area contributed by atoms with Crippen LogP contribution in [0, 0.1) is 13.8 Å². The van der Waals surface area contributed by atoms with Crippen LogP contribution in [-0.2, 0) is 0 Å². The molecule has 5 heteroatoms. The summed E-state index contributed by atoms with van der Waals surface area (Å²) in [7, 11) is 0. The summed E-state index contributed by atoms with van der Waals surface area (Å²) < 4.78 is 5.90. The number of aliphatic imine (C=N–C) groups is 1. The highest BCUT2D eigenvalue weighted by Crippen LogP contribution is 2.22. The van der Waals surface area contributed by atoms with Crippen LogP contribution >= 0.6 is 0 Å². The van der Waals surface area contributed by atoms with Crippen molar-refractivity contribution in [1.82, 2.24) is 10.6 Å². The predicted molar refractivity (Wildman–Crippen MR) is 98.8 cm³/mol. The van der Waals surface area contributed by atoms with Gasteiger partial charge in [0.2, 0.25) is 0 Å². The number of aliphatic hydroxyl groups excluding tert-OH is 1. The van der Waals surface area contributed by atoms with E-state index in [1.54, 1.807) is 0 Å². The van der Waals surface area contributed by atoms with Gasteiger partial charge in [-0.2, -0.15) is 0 Å². The summed E-state index contributed by atoms with van der Waals surface area (Å²) in [6.07, 6.45) is 3.59. The van der Waals surface area contributed by atoms with Gasteiger partial charge in [0.1, 0.15) is 12.4 Å². The van der Waals surface area contributed by atoms with Gasteiger partial charge in [-0.25, -0.2) is 4.99 Å². The molecular formula is C19H31N3O2. The third-order valence-corrected chi connectivity index (χ3v) is 4.40. The third-order valence-electron chi connectivity index (χ3n) is 4.40. The number of hydrogen-bond donors (Lipinski definition) is 3. The predicted octanol–water partition coefficient (Wildman–Crippen LogP) is 2.54. The van der Waals surface area contributed by atoms with Crippen LogP contribution in [0.1, 0.15) is 43.7 Å². The number of aliphatic hydroxyl groups is 1. The molecule has 0 spiro atoms. The molecule has 1 saturated carbocycles. The molecule has 0 aromatic heterocycles. The first-order valence-electron chi connectivity index (χ1n) is 9.02. The van der Waals surface area contributed by atoms with Crippen LogP contribution in [0.2, 0.25) is 0 Å². The fraction of sp³-hybridized carbons (Fsp3) is 0.632. The third kappa shape index (κ3) is 5.71.